The number of likely N-dealkylation sites (tertiary alicyclic amines) is 1. The average Bonchev–Trinajstić information content (AvgIpc) is 2.42. The molecule has 2 atom stereocenters. The fourth-order valence-electron chi connectivity index (χ4n) is 2.41. The van der Waals surface area contributed by atoms with Crippen LogP contribution < -0.4 is 5.32 Å². The SMILES string of the molecule is CCC(=O)N1CC(NCC(C)C)CC(C(=O)OC)C1. The van der Waals surface area contributed by atoms with Gasteiger partial charge in [-0.05, 0) is 18.9 Å². The van der Waals surface area contributed by atoms with Crippen molar-refractivity contribution in [3.63, 3.8) is 0 Å². The highest BCUT2D eigenvalue weighted by Gasteiger charge is 2.33. The summed E-state index contributed by atoms with van der Waals surface area (Å²) >= 11 is 0. The zero-order valence-electron chi connectivity index (χ0n) is 12.4. The van der Waals surface area contributed by atoms with Crippen molar-refractivity contribution in [1.82, 2.24) is 10.2 Å². The van der Waals surface area contributed by atoms with E-state index < -0.39 is 0 Å². The highest BCUT2D eigenvalue weighted by Crippen LogP contribution is 2.19. The minimum Gasteiger partial charge on any atom is -0.469 e. The lowest BCUT2D eigenvalue weighted by molar-refractivity contribution is -0.149. The first-order chi connectivity index (χ1) is 8.97. The van der Waals surface area contributed by atoms with Crippen LogP contribution in [0.25, 0.3) is 0 Å². The second kappa shape index (κ2) is 7.48. The summed E-state index contributed by atoms with van der Waals surface area (Å²) in [5.74, 6) is 0.225. The molecule has 1 heterocycles. The highest BCUT2D eigenvalue weighted by molar-refractivity contribution is 5.78. The molecule has 0 aliphatic carbocycles. The molecule has 5 nitrogen and oxygen atoms in total. The molecular weight excluding hydrogens is 244 g/mol. The third-order valence-electron chi connectivity index (χ3n) is 3.46. The van der Waals surface area contributed by atoms with Gasteiger partial charge in [0, 0.05) is 25.6 Å². The van der Waals surface area contributed by atoms with E-state index in [9.17, 15) is 9.59 Å². The number of amides is 1. The zero-order valence-corrected chi connectivity index (χ0v) is 12.4. The van der Waals surface area contributed by atoms with E-state index in [-0.39, 0.29) is 23.8 Å². The predicted molar refractivity (Wildman–Crippen MR) is 73.6 cm³/mol. The molecule has 5 heteroatoms. The van der Waals surface area contributed by atoms with Crippen molar-refractivity contribution in [3.05, 3.63) is 0 Å². The maximum atomic E-state index is 11.9. The number of nitrogens with zero attached hydrogens (tertiary/aromatic N) is 1. The largest absolute Gasteiger partial charge is 0.469 e. The molecule has 0 aromatic rings. The molecule has 110 valence electrons. The summed E-state index contributed by atoms with van der Waals surface area (Å²) in [6.45, 7) is 8.20. The molecular formula is C14H26N2O3. The fourth-order valence-corrected chi connectivity index (χ4v) is 2.41. The van der Waals surface area contributed by atoms with Gasteiger partial charge in [-0.25, -0.2) is 0 Å². The van der Waals surface area contributed by atoms with Gasteiger partial charge in [-0.15, -0.1) is 0 Å². The van der Waals surface area contributed by atoms with E-state index in [1.807, 2.05) is 6.92 Å². The number of hydrogen-bond acceptors (Lipinski definition) is 4. The maximum absolute atomic E-state index is 11.9. The van der Waals surface area contributed by atoms with E-state index in [0.717, 1.165) is 13.0 Å². The molecule has 2 unspecified atom stereocenters. The van der Waals surface area contributed by atoms with Crippen LogP contribution in [0.3, 0.4) is 0 Å². The number of nitrogens with one attached hydrogen (secondary N) is 1. The summed E-state index contributed by atoms with van der Waals surface area (Å²) < 4.78 is 4.82. The third-order valence-corrected chi connectivity index (χ3v) is 3.46. The Bertz CT molecular complexity index is 294. The van der Waals surface area contributed by atoms with Gasteiger partial charge in [0.2, 0.25) is 5.91 Å². The normalized spacial score (nSPS) is 23.5. The van der Waals surface area contributed by atoms with Crippen molar-refractivity contribution in [2.24, 2.45) is 11.8 Å². The molecule has 0 spiro atoms. The number of carbonyl (C=O) groups is 2. The Hall–Kier alpha value is -1.10. The molecule has 0 radical (unpaired) electrons. The molecule has 0 aromatic heterocycles. The predicted octanol–water partition coefficient (Wildman–Crippen LogP) is 1.03. The number of hydrogen-bond donors (Lipinski definition) is 1. The Morgan fingerprint density at radius 2 is 2.05 bits per heavy atom. The first-order valence-corrected chi connectivity index (χ1v) is 7.06. The Labute approximate surface area is 115 Å². The minimum atomic E-state index is -0.218. The topological polar surface area (TPSA) is 58.6 Å². The second-order valence-corrected chi connectivity index (χ2v) is 5.61. The molecule has 1 fully saturated rings. The summed E-state index contributed by atoms with van der Waals surface area (Å²) in [6, 6.07) is 0.177. The van der Waals surface area contributed by atoms with Crippen molar-refractivity contribution in [3.8, 4) is 0 Å². The van der Waals surface area contributed by atoms with Crippen molar-refractivity contribution in [2.75, 3.05) is 26.7 Å². The van der Waals surface area contributed by atoms with Crippen LogP contribution in [0.1, 0.15) is 33.6 Å². The van der Waals surface area contributed by atoms with Gasteiger partial charge in [0.1, 0.15) is 0 Å². The van der Waals surface area contributed by atoms with Crippen LogP contribution in [0.2, 0.25) is 0 Å². The third kappa shape index (κ3) is 4.82. The first kappa shape index (κ1) is 16.0. The van der Waals surface area contributed by atoms with E-state index in [4.69, 9.17) is 4.74 Å². The number of methoxy groups -OCH3 is 1. The first-order valence-electron chi connectivity index (χ1n) is 7.06. The number of ether oxygens (including phenoxy) is 1. The maximum Gasteiger partial charge on any atom is 0.310 e. The summed E-state index contributed by atoms with van der Waals surface area (Å²) in [5, 5.41) is 3.44. The smallest absolute Gasteiger partial charge is 0.310 e. The van der Waals surface area contributed by atoms with Crippen molar-refractivity contribution >= 4 is 11.9 Å². The van der Waals surface area contributed by atoms with Crippen LogP contribution in [-0.2, 0) is 14.3 Å². The number of esters is 1. The van der Waals surface area contributed by atoms with Gasteiger partial charge >= 0.3 is 5.97 Å². The van der Waals surface area contributed by atoms with Crippen molar-refractivity contribution in [1.29, 1.82) is 0 Å². The fraction of sp³-hybridized carbons (Fsp3) is 0.857. The second-order valence-electron chi connectivity index (χ2n) is 5.61. The number of carbonyl (C=O) groups excluding carboxylic acids is 2. The Kier molecular flexibility index (Phi) is 6.28. The molecule has 0 saturated carbocycles. The van der Waals surface area contributed by atoms with Gasteiger partial charge in [-0.2, -0.15) is 0 Å². The van der Waals surface area contributed by atoms with Gasteiger partial charge in [0.15, 0.2) is 0 Å². The lowest BCUT2D eigenvalue weighted by Crippen LogP contribution is -2.53. The van der Waals surface area contributed by atoms with E-state index in [2.05, 4.69) is 19.2 Å². The van der Waals surface area contributed by atoms with Crippen LogP contribution >= 0.6 is 0 Å². The summed E-state index contributed by atoms with van der Waals surface area (Å²) in [5.41, 5.74) is 0. The van der Waals surface area contributed by atoms with Gasteiger partial charge < -0.3 is 15.0 Å². The van der Waals surface area contributed by atoms with E-state index >= 15 is 0 Å². The van der Waals surface area contributed by atoms with Gasteiger partial charge in [-0.1, -0.05) is 20.8 Å². The Balaban J connectivity index is 2.66. The highest BCUT2D eigenvalue weighted by atomic mass is 16.5. The molecule has 1 rings (SSSR count). The van der Waals surface area contributed by atoms with Crippen molar-refractivity contribution in [2.45, 2.75) is 39.7 Å². The van der Waals surface area contributed by atoms with Crippen LogP contribution in [-0.4, -0.2) is 49.6 Å². The Morgan fingerprint density at radius 1 is 1.37 bits per heavy atom. The van der Waals surface area contributed by atoms with Crippen LogP contribution in [0.5, 0.6) is 0 Å². The van der Waals surface area contributed by atoms with Gasteiger partial charge in [0.25, 0.3) is 0 Å². The molecule has 1 saturated heterocycles. The van der Waals surface area contributed by atoms with E-state index in [1.165, 1.54) is 7.11 Å². The average molecular weight is 270 g/mol. The van der Waals surface area contributed by atoms with Gasteiger partial charge in [0.05, 0.1) is 13.0 Å². The van der Waals surface area contributed by atoms with E-state index in [0.29, 0.717) is 25.4 Å². The Morgan fingerprint density at radius 3 is 2.58 bits per heavy atom. The van der Waals surface area contributed by atoms with Crippen molar-refractivity contribution < 1.29 is 14.3 Å². The number of piperidine rings is 1. The summed E-state index contributed by atoms with van der Waals surface area (Å²) in [4.78, 5) is 25.4. The van der Waals surface area contributed by atoms with Crippen LogP contribution in [0.4, 0.5) is 0 Å². The molecule has 1 N–H and O–H groups in total. The zero-order chi connectivity index (χ0) is 14.4. The molecule has 0 bridgehead atoms. The number of rotatable bonds is 5. The molecule has 1 aliphatic rings. The van der Waals surface area contributed by atoms with Crippen LogP contribution in [0.15, 0.2) is 0 Å². The molecule has 1 amide bonds. The standard InChI is InChI=1S/C14H26N2O3/c1-5-13(17)16-8-11(14(18)19-4)6-12(9-16)15-7-10(2)3/h10-12,15H,5-9H2,1-4H3. The molecule has 19 heavy (non-hydrogen) atoms. The quantitative estimate of drug-likeness (QED) is 0.758. The van der Waals surface area contributed by atoms with E-state index in [1.54, 1.807) is 4.90 Å². The summed E-state index contributed by atoms with van der Waals surface area (Å²) in [7, 11) is 1.40. The lowest BCUT2D eigenvalue weighted by Gasteiger charge is -2.37. The monoisotopic (exact) mass is 270 g/mol. The lowest BCUT2D eigenvalue weighted by atomic mass is 9.93. The van der Waals surface area contributed by atoms with Gasteiger partial charge in [-0.3, -0.25) is 9.59 Å². The van der Waals surface area contributed by atoms with Crippen LogP contribution in [0, 0.1) is 11.8 Å². The molecule has 1 aliphatic heterocycles. The molecule has 0 aromatic carbocycles. The minimum absolute atomic E-state index is 0.102. The summed E-state index contributed by atoms with van der Waals surface area (Å²) in [6.07, 6.45) is 1.22.